The van der Waals surface area contributed by atoms with E-state index in [4.69, 9.17) is 19.4 Å². The number of nitrogens with one attached hydrogen (secondary N) is 2. The van der Waals surface area contributed by atoms with Crippen molar-refractivity contribution in [3.05, 3.63) is 60.2 Å². The van der Waals surface area contributed by atoms with Crippen molar-refractivity contribution in [2.75, 3.05) is 12.1 Å². The molecule has 0 unspecified atom stereocenters. The molecule has 9 nitrogen and oxygen atoms in total. The van der Waals surface area contributed by atoms with E-state index in [-0.39, 0.29) is 12.5 Å². The van der Waals surface area contributed by atoms with Gasteiger partial charge in [0.05, 0.1) is 0 Å². The summed E-state index contributed by atoms with van der Waals surface area (Å²) in [6.45, 7) is 3.65. The molecule has 0 aromatic heterocycles. The number of amides is 2. The minimum absolute atomic E-state index is 0.0651. The van der Waals surface area contributed by atoms with Crippen molar-refractivity contribution in [1.82, 2.24) is 5.48 Å². The van der Waals surface area contributed by atoms with Gasteiger partial charge < -0.3 is 19.3 Å². The lowest BCUT2D eigenvalue weighted by atomic mass is 9.82. The highest BCUT2D eigenvalue weighted by molar-refractivity contribution is 5.87. The molecular weight excluding hydrogens is 392 g/mol. The van der Waals surface area contributed by atoms with Crippen molar-refractivity contribution in [2.24, 2.45) is 5.41 Å². The fourth-order valence-corrected chi connectivity index (χ4v) is 2.94. The third-order valence-electron chi connectivity index (χ3n) is 4.49. The molecule has 2 aromatic rings. The van der Waals surface area contributed by atoms with Crippen molar-refractivity contribution in [1.29, 1.82) is 0 Å². The molecule has 4 N–H and O–H groups in total. The molecule has 30 heavy (non-hydrogen) atoms. The van der Waals surface area contributed by atoms with Crippen molar-refractivity contribution in [3.63, 3.8) is 0 Å². The number of aromatic hydroxyl groups is 1. The van der Waals surface area contributed by atoms with Gasteiger partial charge >= 0.3 is 6.09 Å². The first kappa shape index (κ1) is 21.0. The number of fused-ring (bicyclic) bond motifs is 1. The molecule has 1 atom stereocenters. The van der Waals surface area contributed by atoms with Crippen LogP contribution in [0.25, 0.3) is 0 Å². The highest BCUT2D eigenvalue weighted by Gasteiger charge is 2.32. The van der Waals surface area contributed by atoms with E-state index in [1.807, 2.05) is 0 Å². The van der Waals surface area contributed by atoms with E-state index in [1.54, 1.807) is 44.2 Å². The van der Waals surface area contributed by atoms with E-state index in [2.05, 4.69) is 5.32 Å². The number of carbonyl (C=O) groups is 2. The molecule has 0 bridgehead atoms. The van der Waals surface area contributed by atoms with Crippen molar-refractivity contribution in [3.8, 4) is 17.2 Å². The van der Waals surface area contributed by atoms with Crippen LogP contribution in [0.1, 0.15) is 25.5 Å². The Kier molecular flexibility index (Phi) is 6.12. The molecule has 1 aliphatic rings. The molecule has 9 heteroatoms. The van der Waals surface area contributed by atoms with Crippen LogP contribution < -0.4 is 20.3 Å². The number of ether oxygens (including phenoxy) is 3. The molecular formula is C21H22N2O7. The summed E-state index contributed by atoms with van der Waals surface area (Å²) in [6.07, 6.45) is 1.13. The van der Waals surface area contributed by atoms with E-state index in [0.717, 1.165) is 6.08 Å². The molecule has 1 aliphatic heterocycles. The highest BCUT2D eigenvalue weighted by atomic mass is 16.7. The lowest BCUT2D eigenvalue weighted by Crippen LogP contribution is -2.28. The van der Waals surface area contributed by atoms with Gasteiger partial charge in [-0.15, -0.1) is 0 Å². The Morgan fingerprint density at radius 1 is 1.13 bits per heavy atom. The Labute approximate surface area is 172 Å². The summed E-state index contributed by atoms with van der Waals surface area (Å²) in [5.74, 6) is 0.457. The average Bonchev–Trinajstić information content (AvgIpc) is 3.19. The third-order valence-corrected chi connectivity index (χ3v) is 4.49. The van der Waals surface area contributed by atoms with Crippen LogP contribution in [0.2, 0.25) is 0 Å². The van der Waals surface area contributed by atoms with Gasteiger partial charge in [-0.2, -0.15) is 0 Å². The minimum Gasteiger partial charge on any atom is -0.508 e. The van der Waals surface area contributed by atoms with Crippen molar-refractivity contribution in [2.45, 2.75) is 20.0 Å². The Hall–Kier alpha value is -3.72. The number of carbonyl (C=O) groups excluding carboxylic acids is 2. The third kappa shape index (κ3) is 5.00. The number of benzene rings is 2. The Balaban J connectivity index is 1.80. The second kappa shape index (κ2) is 8.75. The quantitative estimate of drug-likeness (QED) is 0.324. The van der Waals surface area contributed by atoms with Crippen LogP contribution in [-0.4, -0.2) is 29.1 Å². The van der Waals surface area contributed by atoms with Crippen LogP contribution >= 0.6 is 0 Å². The second-order valence-corrected chi connectivity index (χ2v) is 7.20. The summed E-state index contributed by atoms with van der Waals surface area (Å²) in [4.78, 5) is 24.0. The van der Waals surface area contributed by atoms with Crippen molar-refractivity contribution < 1.29 is 34.1 Å². The van der Waals surface area contributed by atoms with Crippen LogP contribution in [-0.2, 0) is 9.53 Å². The fourth-order valence-electron chi connectivity index (χ4n) is 2.94. The standard InChI is InChI=1S/C21H22N2O7/c1-21(2,10-9-18(25)23-27)19(13-3-6-15(24)7-4-13)30-20(26)22-14-5-8-16-17(11-14)29-12-28-16/h3-11,19,24,27H,12H2,1-2H3,(H,22,26)(H,23,25)/b10-9+/t19-/m1/s1. The summed E-state index contributed by atoms with van der Waals surface area (Å²) in [6, 6.07) is 11.1. The van der Waals surface area contributed by atoms with Gasteiger partial charge in [0.15, 0.2) is 11.5 Å². The summed E-state index contributed by atoms with van der Waals surface area (Å²) in [5.41, 5.74) is 1.74. The molecule has 0 radical (unpaired) electrons. The molecule has 2 aromatic carbocycles. The maximum atomic E-state index is 12.6. The van der Waals surface area contributed by atoms with Crippen LogP contribution in [0.15, 0.2) is 54.6 Å². The smallest absolute Gasteiger partial charge is 0.412 e. The minimum atomic E-state index is -0.838. The van der Waals surface area contributed by atoms with Gasteiger partial charge in [0.25, 0.3) is 5.91 Å². The van der Waals surface area contributed by atoms with Gasteiger partial charge in [-0.25, -0.2) is 10.3 Å². The monoisotopic (exact) mass is 414 g/mol. The number of hydrogen-bond donors (Lipinski definition) is 4. The van der Waals surface area contributed by atoms with E-state index < -0.39 is 23.5 Å². The topological polar surface area (TPSA) is 126 Å². The van der Waals surface area contributed by atoms with E-state index in [0.29, 0.717) is 22.7 Å². The van der Waals surface area contributed by atoms with Gasteiger partial charge in [-0.05, 0) is 29.8 Å². The van der Waals surface area contributed by atoms with Crippen LogP contribution in [0.5, 0.6) is 17.2 Å². The van der Waals surface area contributed by atoms with E-state index >= 15 is 0 Å². The number of phenols is 1. The molecule has 2 amide bonds. The maximum absolute atomic E-state index is 12.6. The van der Waals surface area contributed by atoms with Gasteiger partial charge in [-0.3, -0.25) is 15.3 Å². The fraction of sp³-hybridized carbons (Fsp3) is 0.238. The molecule has 0 aliphatic carbocycles. The SMILES string of the molecule is CC(C)(/C=C/C(=O)NO)[C@H](OC(=O)Nc1ccc2c(c1)OCO2)c1ccc(O)cc1. The second-order valence-electron chi connectivity index (χ2n) is 7.20. The van der Waals surface area contributed by atoms with Crippen LogP contribution in [0.3, 0.4) is 0 Å². The predicted molar refractivity (Wildman–Crippen MR) is 106 cm³/mol. The summed E-state index contributed by atoms with van der Waals surface area (Å²) >= 11 is 0. The summed E-state index contributed by atoms with van der Waals surface area (Å²) in [7, 11) is 0. The maximum Gasteiger partial charge on any atom is 0.412 e. The molecule has 1 heterocycles. The lowest BCUT2D eigenvalue weighted by Gasteiger charge is -2.31. The summed E-state index contributed by atoms with van der Waals surface area (Å²) < 4.78 is 16.2. The van der Waals surface area contributed by atoms with E-state index in [9.17, 15) is 14.7 Å². The molecule has 0 saturated carbocycles. The first-order chi connectivity index (χ1) is 14.3. The molecule has 3 rings (SSSR count). The molecule has 0 spiro atoms. The molecule has 0 saturated heterocycles. The number of phenolic OH excluding ortho intramolecular Hbond substituents is 1. The zero-order valence-electron chi connectivity index (χ0n) is 16.4. The van der Waals surface area contributed by atoms with Crippen LogP contribution in [0.4, 0.5) is 10.5 Å². The Morgan fingerprint density at radius 3 is 2.53 bits per heavy atom. The zero-order chi connectivity index (χ0) is 21.7. The summed E-state index contributed by atoms with van der Waals surface area (Å²) in [5, 5.41) is 20.9. The predicted octanol–water partition coefficient (Wildman–Crippen LogP) is 3.50. The zero-order valence-corrected chi connectivity index (χ0v) is 16.4. The first-order valence-corrected chi connectivity index (χ1v) is 9.08. The number of anilines is 1. The van der Waals surface area contributed by atoms with Crippen LogP contribution in [0, 0.1) is 5.41 Å². The number of hydrogen-bond acceptors (Lipinski definition) is 7. The number of hydroxylamine groups is 1. The Bertz CT molecular complexity index is 954. The van der Waals surface area contributed by atoms with E-state index in [1.165, 1.54) is 23.7 Å². The van der Waals surface area contributed by atoms with Crippen molar-refractivity contribution >= 4 is 17.7 Å². The van der Waals surface area contributed by atoms with Gasteiger partial charge in [-0.1, -0.05) is 32.1 Å². The van der Waals surface area contributed by atoms with Gasteiger partial charge in [0.2, 0.25) is 6.79 Å². The normalized spacial score (nSPS) is 13.7. The molecule has 0 fully saturated rings. The number of rotatable bonds is 6. The Morgan fingerprint density at radius 2 is 1.83 bits per heavy atom. The highest BCUT2D eigenvalue weighted by Crippen LogP contribution is 2.39. The average molecular weight is 414 g/mol. The van der Waals surface area contributed by atoms with Gasteiger partial charge in [0, 0.05) is 23.2 Å². The lowest BCUT2D eigenvalue weighted by molar-refractivity contribution is -0.124. The first-order valence-electron chi connectivity index (χ1n) is 9.08. The van der Waals surface area contributed by atoms with Gasteiger partial charge in [0.1, 0.15) is 11.9 Å². The largest absolute Gasteiger partial charge is 0.508 e. The molecule has 158 valence electrons.